The van der Waals surface area contributed by atoms with E-state index in [1.165, 1.54) is 86.9 Å². The van der Waals surface area contributed by atoms with Gasteiger partial charge in [0.15, 0.2) is 0 Å². The van der Waals surface area contributed by atoms with Crippen molar-refractivity contribution in [1.82, 2.24) is 15.1 Å². The number of allylic oxidation sites excluding steroid dienone is 2. The molecular formula is C26H45N5O3S. The molecule has 198 valence electrons. The monoisotopic (exact) mass is 507 g/mol. The van der Waals surface area contributed by atoms with Crippen molar-refractivity contribution in [3.05, 3.63) is 12.2 Å². The summed E-state index contributed by atoms with van der Waals surface area (Å²) in [4.78, 5) is 24.6. The molecule has 1 aliphatic rings. The van der Waals surface area contributed by atoms with Crippen LogP contribution in [0, 0.1) is 0 Å². The lowest BCUT2D eigenvalue weighted by Gasteiger charge is -2.30. The molecule has 2 amide bonds. The van der Waals surface area contributed by atoms with Gasteiger partial charge in [-0.15, -0.1) is 10.2 Å². The second-order valence-electron chi connectivity index (χ2n) is 9.48. The lowest BCUT2D eigenvalue weighted by Crippen LogP contribution is -2.41. The molecule has 1 aromatic heterocycles. The molecule has 0 saturated carbocycles. The standard InChI is InChI=1S/C26H45N5O3S/c1-2-3-4-5-6-7-8-9-10-11-12-13-14-15-16-17-23(32)28-25-30-29-24(35-25)27-22-18-20-31(21-19-22)26(33)34/h9-10,22H,2-8,11-21H2,1H3,(H,27,29)(H,33,34)(H,28,30,32). The number of unbranched alkanes of at least 4 members (excludes halogenated alkanes) is 11. The summed E-state index contributed by atoms with van der Waals surface area (Å²) in [5, 5.41) is 24.5. The second-order valence-corrected chi connectivity index (χ2v) is 10.5. The summed E-state index contributed by atoms with van der Waals surface area (Å²) in [5.41, 5.74) is 0. The molecule has 0 aliphatic carbocycles. The van der Waals surface area contributed by atoms with Crippen molar-refractivity contribution >= 4 is 33.6 Å². The highest BCUT2D eigenvalue weighted by Gasteiger charge is 2.23. The van der Waals surface area contributed by atoms with E-state index in [1.807, 2.05) is 0 Å². The van der Waals surface area contributed by atoms with Gasteiger partial charge in [-0.05, 0) is 44.9 Å². The number of nitrogens with one attached hydrogen (secondary N) is 2. The number of aromatic nitrogens is 2. The molecule has 3 N–H and O–H groups in total. The third-order valence-electron chi connectivity index (χ3n) is 6.43. The third kappa shape index (κ3) is 13.5. The Morgan fingerprint density at radius 2 is 1.49 bits per heavy atom. The van der Waals surface area contributed by atoms with E-state index >= 15 is 0 Å². The maximum absolute atomic E-state index is 12.2. The summed E-state index contributed by atoms with van der Waals surface area (Å²) in [6.45, 7) is 3.30. The molecular weight excluding hydrogens is 462 g/mol. The van der Waals surface area contributed by atoms with Crippen molar-refractivity contribution < 1.29 is 14.7 Å². The zero-order chi connectivity index (χ0) is 25.1. The normalized spacial score (nSPS) is 14.5. The highest BCUT2D eigenvalue weighted by atomic mass is 32.1. The van der Waals surface area contributed by atoms with E-state index in [0.717, 1.165) is 25.7 Å². The Morgan fingerprint density at radius 1 is 0.914 bits per heavy atom. The lowest BCUT2D eigenvalue weighted by molar-refractivity contribution is -0.116. The Balaban J connectivity index is 1.43. The number of likely N-dealkylation sites (tertiary alicyclic amines) is 1. The molecule has 1 fully saturated rings. The van der Waals surface area contributed by atoms with Gasteiger partial charge in [-0.3, -0.25) is 4.79 Å². The van der Waals surface area contributed by atoms with E-state index in [1.54, 1.807) is 0 Å². The number of carboxylic acid groups (broad SMARTS) is 1. The highest BCUT2D eigenvalue weighted by molar-refractivity contribution is 7.19. The van der Waals surface area contributed by atoms with Crippen molar-refractivity contribution in [3.8, 4) is 0 Å². The molecule has 0 atom stereocenters. The quantitative estimate of drug-likeness (QED) is 0.145. The Labute approximate surface area is 215 Å². The lowest BCUT2D eigenvalue weighted by atomic mass is 10.1. The van der Waals surface area contributed by atoms with Gasteiger partial charge in [-0.1, -0.05) is 81.8 Å². The number of rotatable bonds is 18. The second kappa shape index (κ2) is 18.2. The zero-order valence-corrected chi connectivity index (χ0v) is 22.3. The number of piperidine rings is 1. The van der Waals surface area contributed by atoms with Crippen molar-refractivity contribution in [2.45, 2.75) is 116 Å². The molecule has 35 heavy (non-hydrogen) atoms. The summed E-state index contributed by atoms with van der Waals surface area (Å²) in [6.07, 6.45) is 22.0. The summed E-state index contributed by atoms with van der Waals surface area (Å²) in [6, 6.07) is 0.179. The fourth-order valence-electron chi connectivity index (χ4n) is 4.26. The van der Waals surface area contributed by atoms with Crippen LogP contribution in [-0.4, -0.2) is 51.3 Å². The van der Waals surface area contributed by atoms with E-state index in [0.29, 0.717) is 29.8 Å². The molecule has 1 aliphatic heterocycles. The van der Waals surface area contributed by atoms with Gasteiger partial charge in [-0.2, -0.15) is 0 Å². The minimum Gasteiger partial charge on any atom is -0.465 e. The van der Waals surface area contributed by atoms with Gasteiger partial charge < -0.3 is 20.6 Å². The Bertz CT molecular complexity index is 747. The Hall–Kier alpha value is -2.16. The molecule has 1 saturated heterocycles. The summed E-state index contributed by atoms with van der Waals surface area (Å²) < 4.78 is 0. The van der Waals surface area contributed by atoms with Gasteiger partial charge in [0, 0.05) is 25.6 Å². The SMILES string of the molecule is CCCCCCCCC=CCCCCCCCC(=O)Nc1nnc(NC2CCN(C(=O)O)CC2)s1. The number of hydrogen-bond donors (Lipinski definition) is 3. The van der Waals surface area contributed by atoms with Gasteiger partial charge in [0.1, 0.15) is 0 Å². The summed E-state index contributed by atoms with van der Waals surface area (Å²) in [5.74, 6) is -0.0138. The van der Waals surface area contributed by atoms with Crippen molar-refractivity contribution in [3.63, 3.8) is 0 Å². The number of nitrogens with zero attached hydrogens (tertiary/aromatic N) is 3. The molecule has 9 heteroatoms. The predicted molar refractivity (Wildman–Crippen MR) is 144 cm³/mol. The van der Waals surface area contributed by atoms with Crippen LogP contribution in [0.15, 0.2) is 12.2 Å². The Kier molecular flexibility index (Phi) is 15.1. The van der Waals surface area contributed by atoms with Gasteiger partial charge in [0.05, 0.1) is 0 Å². The van der Waals surface area contributed by atoms with E-state index in [2.05, 4.69) is 39.9 Å². The first-order valence-corrected chi connectivity index (χ1v) is 14.4. The van der Waals surface area contributed by atoms with Crippen LogP contribution in [0.5, 0.6) is 0 Å². The van der Waals surface area contributed by atoms with E-state index in [9.17, 15) is 9.59 Å². The van der Waals surface area contributed by atoms with Crippen LogP contribution in [0.1, 0.15) is 110 Å². The summed E-state index contributed by atoms with van der Waals surface area (Å²) >= 11 is 1.32. The first kappa shape index (κ1) is 29.1. The van der Waals surface area contributed by atoms with Crippen LogP contribution >= 0.6 is 11.3 Å². The van der Waals surface area contributed by atoms with Gasteiger partial charge in [0.2, 0.25) is 16.2 Å². The average Bonchev–Trinajstić information content (AvgIpc) is 3.28. The smallest absolute Gasteiger partial charge is 0.407 e. The molecule has 2 heterocycles. The number of carbonyl (C=O) groups is 2. The molecule has 0 bridgehead atoms. The van der Waals surface area contributed by atoms with Gasteiger partial charge in [-0.25, -0.2) is 4.79 Å². The first-order chi connectivity index (χ1) is 17.1. The van der Waals surface area contributed by atoms with Gasteiger partial charge >= 0.3 is 6.09 Å². The first-order valence-electron chi connectivity index (χ1n) is 13.6. The van der Waals surface area contributed by atoms with Crippen LogP contribution in [0.4, 0.5) is 15.1 Å². The summed E-state index contributed by atoms with van der Waals surface area (Å²) in [7, 11) is 0. The molecule has 1 aromatic rings. The van der Waals surface area contributed by atoms with E-state index < -0.39 is 6.09 Å². The minimum absolute atomic E-state index is 0.0138. The molecule has 2 rings (SSSR count). The predicted octanol–water partition coefficient (Wildman–Crippen LogP) is 7.07. The third-order valence-corrected chi connectivity index (χ3v) is 7.20. The molecule has 0 radical (unpaired) electrons. The maximum Gasteiger partial charge on any atom is 0.407 e. The fourth-order valence-corrected chi connectivity index (χ4v) is 5.00. The molecule has 0 aromatic carbocycles. The van der Waals surface area contributed by atoms with Crippen molar-refractivity contribution in [1.29, 1.82) is 0 Å². The number of carbonyl (C=O) groups excluding carboxylic acids is 1. The number of amides is 2. The molecule has 0 spiro atoms. The van der Waals surface area contributed by atoms with E-state index in [4.69, 9.17) is 5.11 Å². The van der Waals surface area contributed by atoms with Crippen LogP contribution in [0.25, 0.3) is 0 Å². The highest BCUT2D eigenvalue weighted by Crippen LogP contribution is 2.23. The number of anilines is 2. The zero-order valence-electron chi connectivity index (χ0n) is 21.5. The number of hydrogen-bond acceptors (Lipinski definition) is 6. The van der Waals surface area contributed by atoms with E-state index in [-0.39, 0.29) is 11.9 Å². The maximum atomic E-state index is 12.2. The van der Waals surface area contributed by atoms with Crippen molar-refractivity contribution in [2.24, 2.45) is 0 Å². The topological polar surface area (TPSA) is 107 Å². The van der Waals surface area contributed by atoms with Crippen LogP contribution in [0.3, 0.4) is 0 Å². The van der Waals surface area contributed by atoms with Gasteiger partial charge in [0.25, 0.3) is 0 Å². The van der Waals surface area contributed by atoms with Crippen LogP contribution < -0.4 is 10.6 Å². The Morgan fingerprint density at radius 3 is 2.11 bits per heavy atom. The molecule has 0 unspecified atom stereocenters. The fraction of sp³-hybridized carbons (Fsp3) is 0.769. The van der Waals surface area contributed by atoms with Crippen molar-refractivity contribution in [2.75, 3.05) is 23.7 Å². The largest absolute Gasteiger partial charge is 0.465 e. The van der Waals surface area contributed by atoms with Crippen LogP contribution in [-0.2, 0) is 4.79 Å². The molecule has 8 nitrogen and oxygen atoms in total. The average molecular weight is 508 g/mol. The van der Waals surface area contributed by atoms with Crippen LogP contribution in [0.2, 0.25) is 0 Å². The minimum atomic E-state index is -0.865.